The minimum absolute atomic E-state index is 0.00391. The molecule has 0 saturated carbocycles. The molecule has 19 heavy (non-hydrogen) atoms. The quantitative estimate of drug-likeness (QED) is 0.479. The zero-order valence-electron chi connectivity index (χ0n) is 10.4. The summed E-state index contributed by atoms with van der Waals surface area (Å²) in [6.45, 7) is 3.04. The number of nitro groups is 1. The molecule has 4 nitrogen and oxygen atoms in total. The Kier molecular flexibility index (Phi) is 4.63. The van der Waals surface area contributed by atoms with Crippen LogP contribution in [0.2, 0.25) is 0 Å². The van der Waals surface area contributed by atoms with E-state index in [1.54, 1.807) is 0 Å². The summed E-state index contributed by atoms with van der Waals surface area (Å²) in [5.74, 6) is 0. The van der Waals surface area contributed by atoms with Gasteiger partial charge in [-0.05, 0) is 13.8 Å². The lowest BCUT2D eigenvalue weighted by Gasteiger charge is -2.12. The molecule has 0 atom stereocenters. The molecule has 0 aliphatic heterocycles. The number of benzene rings is 1. The van der Waals surface area contributed by atoms with Gasteiger partial charge in [-0.25, -0.2) is 0 Å². The molecule has 0 aliphatic rings. The Morgan fingerprint density at radius 3 is 2.42 bits per heavy atom. The van der Waals surface area contributed by atoms with Gasteiger partial charge in [-0.3, -0.25) is 15.1 Å². The van der Waals surface area contributed by atoms with E-state index in [2.05, 4.69) is 4.99 Å². The summed E-state index contributed by atoms with van der Waals surface area (Å²) in [6.07, 6.45) is -5.19. The molecule has 1 rings (SSSR count). The molecule has 0 spiro atoms. The molecule has 1 aromatic carbocycles. The predicted octanol–water partition coefficient (Wildman–Crippen LogP) is 3.55. The molecular weight excluding hydrogens is 261 g/mol. The molecule has 1 aromatic rings. The van der Waals surface area contributed by atoms with Crippen LogP contribution < -0.4 is 0 Å². The summed E-state index contributed by atoms with van der Waals surface area (Å²) in [5.41, 5.74) is -1.33. The van der Waals surface area contributed by atoms with E-state index in [0.29, 0.717) is 0 Å². The van der Waals surface area contributed by atoms with Gasteiger partial charge in [0.2, 0.25) is 0 Å². The molecule has 0 aliphatic carbocycles. The lowest BCUT2D eigenvalue weighted by atomic mass is 10.1. The van der Waals surface area contributed by atoms with Crippen LogP contribution in [0.25, 0.3) is 0 Å². The highest BCUT2D eigenvalue weighted by Crippen LogP contribution is 2.25. The Bertz CT molecular complexity index is 496. The largest absolute Gasteiger partial charge is 0.429 e. The van der Waals surface area contributed by atoms with Crippen LogP contribution in [0.3, 0.4) is 0 Å². The molecule has 7 heteroatoms. The second-order valence-electron chi connectivity index (χ2n) is 4.23. The van der Waals surface area contributed by atoms with Crippen LogP contribution in [0.4, 0.5) is 18.9 Å². The van der Waals surface area contributed by atoms with Gasteiger partial charge in [-0.1, -0.05) is 18.2 Å². The van der Waals surface area contributed by atoms with Crippen molar-refractivity contribution in [3.05, 3.63) is 39.9 Å². The lowest BCUT2D eigenvalue weighted by molar-refractivity contribution is -0.385. The topological polar surface area (TPSA) is 55.5 Å². The predicted molar refractivity (Wildman–Crippen MR) is 65.4 cm³/mol. The van der Waals surface area contributed by atoms with Crippen LogP contribution in [0.15, 0.2) is 29.3 Å². The highest BCUT2D eigenvalue weighted by atomic mass is 19.4. The van der Waals surface area contributed by atoms with E-state index in [4.69, 9.17) is 0 Å². The second kappa shape index (κ2) is 5.81. The minimum Gasteiger partial charge on any atom is -0.282 e. The Hall–Kier alpha value is -1.92. The molecular formula is C12H13F3N2O2. The first-order valence-electron chi connectivity index (χ1n) is 5.58. The molecule has 0 radical (unpaired) electrons. The Labute approximate surface area is 108 Å². The molecule has 0 saturated heterocycles. The van der Waals surface area contributed by atoms with Gasteiger partial charge in [-0.2, -0.15) is 13.2 Å². The summed E-state index contributed by atoms with van der Waals surface area (Å²) in [6, 6.07) is 4.83. The third kappa shape index (κ3) is 4.35. The van der Waals surface area contributed by atoms with Crippen molar-refractivity contribution in [2.24, 2.45) is 4.99 Å². The van der Waals surface area contributed by atoms with Crippen molar-refractivity contribution in [3.63, 3.8) is 0 Å². The van der Waals surface area contributed by atoms with E-state index in [1.807, 2.05) is 0 Å². The maximum atomic E-state index is 12.8. The number of rotatable bonds is 4. The van der Waals surface area contributed by atoms with E-state index in [9.17, 15) is 23.3 Å². The fraction of sp³-hybridized carbons (Fsp3) is 0.417. The van der Waals surface area contributed by atoms with Crippen LogP contribution in [-0.4, -0.2) is 22.9 Å². The van der Waals surface area contributed by atoms with Crippen LogP contribution in [0, 0.1) is 10.1 Å². The number of para-hydroxylation sites is 1. The molecule has 0 amide bonds. The molecule has 104 valence electrons. The van der Waals surface area contributed by atoms with Gasteiger partial charge < -0.3 is 0 Å². The zero-order valence-corrected chi connectivity index (χ0v) is 10.4. The average molecular weight is 274 g/mol. The van der Waals surface area contributed by atoms with Gasteiger partial charge in [0.05, 0.1) is 4.92 Å². The van der Waals surface area contributed by atoms with Crippen molar-refractivity contribution in [2.75, 3.05) is 0 Å². The van der Waals surface area contributed by atoms with Gasteiger partial charge in [0.15, 0.2) is 0 Å². The summed E-state index contributed by atoms with van der Waals surface area (Å²) >= 11 is 0. The number of nitrogens with zero attached hydrogens (tertiary/aromatic N) is 2. The summed E-state index contributed by atoms with van der Waals surface area (Å²) in [7, 11) is 0. The third-order valence-electron chi connectivity index (χ3n) is 2.29. The first kappa shape index (κ1) is 15.1. The summed E-state index contributed by atoms with van der Waals surface area (Å²) in [4.78, 5) is 13.6. The molecule has 0 bridgehead atoms. The first-order valence-corrected chi connectivity index (χ1v) is 5.58. The number of alkyl halides is 3. The smallest absolute Gasteiger partial charge is 0.282 e. The van der Waals surface area contributed by atoms with Gasteiger partial charge in [0.1, 0.15) is 5.71 Å². The van der Waals surface area contributed by atoms with Crippen molar-refractivity contribution >= 4 is 11.4 Å². The SMILES string of the molecule is CC(C)N=C(Cc1ccccc1[N+](=O)[O-])C(F)(F)F. The Balaban J connectivity index is 3.15. The van der Waals surface area contributed by atoms with E-state index in [1.165, 1.54) is 38.1 Å². The van der Waals surface area contributed by atoms with E-state index >= 15 is 0 Å². The number of nitro benzene ring substituents is 1. The fourth-order valence-electron chi connectivity index (χ4n) is 1.55. The van der Waals surface area contributed by atoms with Crippen LogP contribution in [0.5, 0.6) is 0 Å². The molecule has 0 N–H and O–H groups in total. The van der Waals surface area contributed by atoms with E-state index in [-0.39, 0.29) is 11.3 Å². The minimum atomic E-state index is -4.59. The summed E-state index contributed by atoms with van der Waals surface area (Å²) in [5, 5.41) is 10.8. The lowest BCUT2D eigenvalue weighted by Crippen LogP contribution is -2.26. The first-order chi connectivity index (χ1) is 8.71. The van der Waals surface area contributed by atoms with E-state index < -0.39 is 29.3 Å². The second-order valence-corrected chi connectivity index (χ2v) is 4.23. The number of hydrogen-bond acceptors (Lipinski definition) is 3. The highest BCUT2D eigenvalue weighted by Gasteiger charge is 2.36. The fourth-order valence-corrected chi connectivity index (χ4v) is 1.55. The number of hydrogen-bond donors (Lipinski definition) is 0. The monoisotopic (exact) mass is 274 g/mol. The van der Waals surface area contributed by atoms with Crippen molar-refractivity contribution < 1.29 is 18.1 Å². The normalized spacial score (nSPS) is 12.8. The van der Waals surface area contributed by atoms with Crippen molar-refractivity contribution in [1.29, 1.82) is 0 Å². The van der Waals surface area contributed by atoms with Gasteiger partial charge >= 0.3 is 6.18 Å². The Morgan fingerprint density at radius 1 is 1.37 bits per heavy atom. The van der Waals surface area contributed by atoms with Crippen molar-refractivity contribution in [3.8, 4) is 0 Å². The highest BCUT2D eigenvalue weighted by molar-refractivity contribution is 5.92. The molecule has 0 fully saturated rings. The van der Waals surface area contributed by atoms with Crippen LogP contribution >= 0.6 is 0 Å². The summed E-state index contributed by atoms with van der Waals surface area (Å²) < 4.78 is 38.4. The molecule has 0 aromatic heterocycles. The van der Waals surface area contributed by atoms with Crippen molar-refractivity contribution in [1.82, 2.24) is 0 Å². The van der Waals surface area contributed by atoms with Crippen LogP contribution in [-0.2, 0) is 6.42 Å². The van der Waals surface area contributed by atoms with Gasteiger partial charge in [0, 0.05) is 24.1 Å². The zero-order chi connectivity index (χ0) is 14.6. The number of halogens is 3. The van der Waals surface area contributed by atoms with Crippen molar-refractivity contribution in [2.45, 2.75) is 32.5 Å². The maximum Gasteiger partial charge on any atom is 0.429 e. The average Bonchev–Trinajstić information content (AvgIpc) is 2.26. The number of aliphatic imine (C=N–C) groups is 1. The standard InChI is InChI=1S/C12H13F3N2O2/c1-8(2)16-11(12(13,14)15)7-9-5-3-4-6-10(9)17(18)19/h3-6,8H,7H2,1-2H3. The molecule has 0 heterocycles. The Morgan fingerprint density at radius 2 is 1.95 bits per heavy atom. The van der Waals surface area contributed by atoms with Gasteiger partial charge in [0.25, 0.3) is 5.69 Å². The van der Waals surface area contributed by atoms with Crippen LogP contribution in [0.1, 0.15) is 19.4 Å². The van der Waals surface area contributed by atoms with E-state index in [0.717, 1.165) is 0 Å². The molecule has 0 unspecified atom stereocenters. The third-order valence-corrected chi connectivity index (χ3v) is 2.29. The van der Waals surface area contributed by atoms with Gasteiger partial charge in [-0.15, -0.1) is 0 Å². The maximum absolute atomic E-state index is 12.8.